The van der Waals surface area contributed by atoms with E-state index in [2.05, 4.69) is 16.1 Å². The van der Waals surface area contributed by atoms with Crippen LogP contribution >= 0.6 is 0 Å². The number of hydrogen-bond acceptors (Lipinski definition) is 5. The van der Waals surface area contributed by atoms with Gasteiger partial charge in [-0.1, -0.05) is 6.07 Å². The molecular formula is C25H30N2O5S. The number of nitrogens with one attached hydrogen (secondary N) is 2. The van der Waals surface area contributed by atoms with Gasteiger partial charge in [-0.05, 0) is 92.4 Å². The minimum absolute atomic E-state index is 0.0262. The van der Waals surface area contributed by atoms with E-state index in [-0.39, 0.29) is 23.5 Å². The van der Waals surface area contributed by atoms with Gasteiger partial charge in [-0.3, -0.25) is 0 Å². The Labute approximate surface area is 194 Å². The molecule has 2 amide bonds. The van der Waals surface area contributed by atoms with Crippen molar-refractivity contribution in [2.45, 2.75) is 81.1 Å². The number of carbonyl (C=O) groups excluding carboxylic acids is 1. The average molecular weight is 471 g/mol. The van der Waals surface area contributed by atoms with E-state index in [1.54, 1.807) is 0 Å². The van der Waals surface area contributed by atoms with Gasteiger partial charge in [0.25, 0.3) is 10.0 Å². The van der Waals surface area contributed by atoms with Crippen molar-refractivity contribution in [3.8, 4) is 0 Å². The predicted molar refractivity (Wildman–Crippen MR) is 123 cm³/mol. The molecule has 7 nitrogen and oxygen atoms in total. The Hall–Kier alpha value is -2.32. The predicted octanol–water partition coefficient (Wildman–Crippen LogP) is 4.13. The van der Waals surface area contributed by atoms with Gasteiger partial charge >= 0.3 is 6.03 Å². The summed E-state index contributed by atoms with van der Waals surface area (Å²) in [7, 11) is -4.17. The number of aliphatic hydroxyl groups is 1. The molecule has 0 saturated heterocycles. The molecule has 7 rings (SSSR count). The number of hydrogen-bond donors (Lipinski definition) is 3. The van der Waals surface area contributed by atoms with E-state index in [0.29, 0.717) is 11.7 Å². The highest BCUT2D eigenvalue weighted by molar-refractivity contribution is 7.89. The van der Waals surface area contributed by atoms with E-state index in [1.165, 1.54) is 17.2 Å². The van der Waals surface area contributed by atoms with Gasteiger partial charge in [0.1, 0.15) is 5.76 Å². The molecule has 8 heteroatoms. The molecule has 176 valence electrons. The normalized spacial score (nSPS) is 25.3. The molecule has 1 aromatic heterocycles. The Morgan fingerprint density at radius 2 is 1.67 bits per heavy atom. The van der Waals surface area contributed by atoms with Crippen LogP contribution in [0.1, 0.15) is 83.9 Å². The summed E-state index contributed by atoms with van der Waals surface area (Å²) in [6.07, 6.45) is 9.86. The van der Waals surface area contributed by atoms with Crippen LogP contribution in [-0.2, 0) is 35.7 Å². The zero-order chi connectivity index (χ0) is 22.7. The Morgan fingerprint density at radius 3 is 2.30 bits per heavy atom. The number of aliphatic hydroxyl groups excluding tert-OH is 1. The smallest absolute Gasteiger partial charge is 0.333 e. The first-order valence-electron chi connectivity index (χ1n) is 12.2. The Morgan fingerprint density at radius 1 is 1.00 bits per heavy atom. The molecular weight excluding hydrogens is 440 g/mol. The Balaban J connectivity index is 1.27. The maximum atomic E-state index is 13.1. The molecule has 3 N–H and O–H groups in total. The van der Waals surface area contributed by atoms with Gasteiger partial charge in [0.2, 0.25) is 5.09 Å². The second-order valence-corrected chi connectivity index (χ2v) is 11.7. The molecule has 1 unspecified atom stereocenters. The van der Waals surface area contributed by atoms with E-state index in [1.807, 2.05) is 0 Å². The zero-order valence-electron chi connectivity index (χ0n) is 18.7. The van der Waals surface area contributed by atoms with Crippen molar-refractivity contribution < 1.29 is 22.7 Å². The first kappa shape index (κ1) is 21.2. The molecule has 1 heterocycles. The topological polar surface area (TPSA) is 109 Å². The van der Waals surface area contributed by atoms with Crippen LogP contribution < -0.4 is 10.0 Å². The zero-order valence-corrected chi connectivity index (χ0v) is 19.5. The molecule has 0 radical (unpaired) electrons. The highest BCUT2D eigenvalue weighted by atomic mass is 32.2. The van der Waals surface area contributed by atoms with Crippen LogP contribution in [0.15, 0.2) is 21.6 Å². The molecule has 0 spiro atoms. The maximum Gasteiger partial charge on any atom is 0.333 e. The Kier molecular flexibility index (Phi) is 5.07. The standard InChI is InChI=1S/C25H30N2O5S/c28-13-21-14-7-9-15(10-8-14)24-20(21)12-22(32-24)33(30,31)27-25(29)26-23-18-5-1-3-16(18)11-17-4-2-6-19(17)23/h11-12,14-15,21,28H,1-10,13H2,(H2,26,27,29). The summed E-state index contributed by atoms with van der Waals surface area (Å²) in [6.45, 7) is -0.0262. The summed E-state index contributed by atoms with van der Waals surface area (Å²) >= 11 is 0. The lowest BCUT2D eigenvalue weighted by atomic mass is 9.79. The van der Waals surface area contributed by atoms with Gasteiger partial charge in [-0.2, -0.15) is 8.42 Å². The van der Waals surface area contributed by atoms with E-state index < -0.39 is 16.1 Å². The highest BCUT2D eigenvalue weighted by Crippen LogP contribution is 2.50. The number of urea groups is 1. The molecule has 5 aliphatic carbocycles. The lowest BCUT2D eigenvalue weighted by Gasteiger charge is -2.26. The van der Waals surface area contributed by atoms with E-state index in [9.17, 15) is 18.3 Å². The van der Waals surface area contributed by atoms with Crippen LogP contribution in [-0.4, -0.2) is 26.2 Å². The summed E-state index contributed by atoms with van der Waals surface area (Å²) in [5, 5.41) is 12.6. The van der Waals surface area contributed by atoms with Gasteiger partial charge in [-0.15, -0.1) is 0 Å². The number of furan rings is 1. The second kappa shape index (κ2) is 7.87. The number of carbonyl (C=O) groups is 1. The van der Waals surface area contributed by atoms with Crippen LogP contribution in [0.2, 0.25) is 0 Å². The third kappa shape index (κ3) is 3.49. The molecule has 5 aliphatic rings. The van der Waals surface area contributed by atoms with E-state index >= 15 is 0 Å². The molecule has 1 aromatic carbocycles. The first-order chi connectivity index (χ1) is 15.9. The molecule has 1 fully saturated rings. The van der Waals surface area contributed by atoms with Crippen LogP contribution in [0, 0.1) is 5.92 Å². The SMILES string of the molecule is O=C(Nc1c2c(cc3c1CCC3)CCC2)NS(=O)(=O)c1cc2c(o1)C1CCC(CC1)C2CO. The van der Waals surface area contributed by atoms with Crippen molar-refractivity contribution in [1.29, 1.82) is 0 Å². The first-order valence-corrected chi connectivity index (χ1v) is 13.7. The minimum atomic E-state index is -4.17. The number of amides is 2. The number of sulfonamides is 1. The largest absolute Gasteiger partial charge is 0.447 e. The van der Waals surface area contributed by atoms with Crippen LogP contribution in [0.5, 0.6) is 0 Å². The number of benzene rings is 1. The van der Waals surface area contributed by atoms with Crippen molar-refractivity contribution in [2.24, 2.45) is 5.92 Å². The monoisotopic (exact) mass is 470 g/mol. The second-order valence-electron chi connectivity index (χ2n) is 10.1. The summed E-state index contributed by atoms with van der Waals surface area (Å²) in [5.41, 5.74) is 6.44. The average Bonchev–Trinajstić information content (AvgIpc) is 3.52. The Bertz CT molecular complexity index is 1190. The van der Waals surface area contributed by atoms with Crippen LogP contribution in [0.25, 0.3) is 0 Å². The van der Waals surface area contributed by atoms with E-state index in [4.69, 9.17) is 4.42 Å². The number of rotatable bonds is 4. The molecule has 1 saturated carbocycles. The summed E-state index contributed by atoms with van der Waals surface area (Å²) in [4.78, 5) is 12.9. The number of fused-ring (bicyclic) bond motifs is 4. The van der Waals surface area contributed by atoms with Gasteiger partial charge in [0.15, 0.2) is 0 Å². The van der Waals surface area contributed by atoms with Gasteiger partial charge < -0.3 is 14.8 Å². The fraction of sp³-hybridized carbons (Fsp3) is 0.560. The highest BCUT2D eigenvalue weighted by Gasteiger charge is 2.40. The maximum absolute atomic E-state index is 13.1. The molecule has 2 bridgehead atoms. The van der Waals surface area contributed by atoms with Crippen molar-refractivity contribution in [2.75, 3.05) is 11.9 Å². The molecule has 33 heavy (non-hydrogen) atoms. The van der Waals surface area contributed by atoms with E-state index in [0.717, 1.165) is 86.6 Å². The lowest BCUT2D eigenvalue weighted by Crippen LogP contribution is -2.34. The summed E-state index contributed by atoms with van der Waals surface area (Å²) in [5.74, 6) is 1.09. The quantitative estimate of drug-likeness (QED) is 0.623. The lowest BCUT2D eigenvalue weighted by molar-refractivity contribution is 0.199. The van der Waals surface area contributed by atoms with Gasteiger partial charge in [0.05, 0.1) is 6.61 Å². The fourth-order valence-corrected chi connectivity index (χ4v) is 7.58. The number of aryl methyl sites for hydroxylation is 2. The van der Waals surface area contributed by atoms with Gasteiger partial charge in [-0.25, -0.2) is 9.52 Å². The fourth-order valence-electron chi connectivity index (χ4n) is 6.70. The van der Waals surface area contributed by atoms with Crippen LogP contribution in [0.3, 0.4) is 0 Å². The minimum Gasteiger partial charge on any atom is -0.447 e. The van der Waals surface area contributed by atoms with Crippen molar-refractivity contribution >= 4 is 21.7 Å². The third-order valence-corrected chi connectivity index (χ3v) is 9.46. The van der Waals surface area contributed by atoms with Crippen molar-refractivity contribution in [3.05, 3.63) is 45.7 Å². The molecule has 2 aromatic rings. The molecule has 1 atom stereocenters. The summed E-state index contributed by atoms with van der Waals surface area (Å²) in [6, 6.07) is 3.04. The number of anilines is 1. The molecule has 0 aliphatic heterocycles. The van der Waals surface area contributed by atoms with Gasteiger partial charge in [0, 0.05) is 29.2 Å². The summed E-state index contributed by atoms with van der Waals surface area (Å²) < 4.78 is 34.2. The van der Waals surface area contributed by atoms with Crippen molar-refractivity contribution in [3.63, 3.8) is 0 Å². The third-order valence-electron chi connectivity index (χ3n) is 8.28. The van der Waals surface area contributed by atoms with Crippen molar-refractivity contribution in [1.82, 2.24) is 4.72 Å². The van der Waals surface area contributed by atoms with Crippen LogP contribution in [0.4, 0.5) is 10.5 Å².